The molecule has 1 heterocycles. The Morgan fingerprint density at radius 1 is 1.47 bits per heavy atom. The SMILES string of the molecule is O=C(NCCCOCc1ccco1)OCCO. The van der Waals surface area contributed by atoms with Gasteiger partial charge in [-0.2, -0.15) is 0 Å². The molecule has 0 aliphatic heterocycles. The Kier molecular flexibility index (Phi) is 6.85. The van der Waals surface area contributed by atoms with Gasteiger partial charge in [0.15, 0.2) is 0 Å². The first-order valence-electron chi connectivity index (χ1n) is 5.44. The van der Waals surface area contributed by atoms with Crippen LogP contribution < -0.4 is 5.32 Å². The number of aliphatic hydroxyl groups is 1. The summed E-state index contributed by atoms with van der Waals surface area (Å²) in [4.78, 5) is 10.9. The van der Waals surface area contributed by atoms with E-state index in [-0.39, 0.29) is 13.2 Å². The lowest BCUT2D eigenvalue weighted by atomic mass is 10.4. The van der Waals surface area contributed by atoms with Crippen LogP contribution >= 0.6 is 0 Å². The highest BCUT2D eigenvalue weighted by atomic mass is 16.6. The first-order valence-corrected chi connectivity index (χ1v) is 5.44. The van der Waals surface area contributed by atoms with Crippen molar-refractivity contribution in [2.45, 2.75) is 13.0 Å². The number of carbonyl (C=O) groups excluding carboxylic acids is 1. The summed E-state index contributed by atoms with van der Waals surface area (Å²) in [6, 6.07) is 3.64. The molecule has 96 valence electrons. The maximum atomic E-state index is 10.9. The number of furan rings is 1. The van der Waals surface area contributed by atoms with Crippen LogP contribution in [0.5, 0.6) is 0 Å². The number of alkyl carbamates (subject to hydrolysis) is 1. The minimum absolute atomic E-state index is 0.0147. The summed E-state index contributed by atoms with van der Waals surface area (Å²) in [6.45, 7) is 1.28. The average Bonchev–Trinajstić information content (AvgIpc) is 2.84. The van der Waals surface area contributed by atoms with Gasteiger partial charge in [-0.05, 0) is 18.6 Å². The maximum absolute atomic E-state index is 10.9. The van der Waals surface area contributed by atoms with Crippen molar-refractivity contribution < 1.29 is 23.8 Å². The third-order valence-corrected chi connectivity index (χ3v) is 1.88. The van der Waals surface area contributed by atoms with E-state index in [0.29, 0.717) is 26.2 Å². The van der Waals surface area contributed by atoms with Crippen molar-refractivity contribution in [3.63, 3.8) is 0 Å². The third-order valence-electron chi connectivity index (χ3n) is 1.88. The minimum Gasteiger partial charge on any atom is -0.467 e. The van der Waals surface area contributed by atoms with Crippen LogP contribution in [0.25, 0.3) is 0 Å². The molecule has 1 aromatic rings. The Balaban J connectivity index is 1.89. The lowest BCUT2D eigenvalue weighted by molar-refractivity contribution is 0.100. The fourth-order valence-corrected chi connectivity index (χ4v) is 1.12. The molecule has 0 radical (unpaired) electrons. The van der Waals surface area contributed by atoms with E-state index in [1.807, 2.05) is 6.07 Å². The smallest absolute Gasteiger partial charge is 0.407 e. The standard InChI is InChI=1S/C11H17NO5/c13-5-8-17-11(14)12-4-2-6-15-9-10-3-1-7-16-10/h1,3,7,13H,2,4-6,8-9H2,(H,12,14). The van der Waals surface area contributed by atoms with E-state index in [1.54, 1.807) is 12.3 Å². The molecule has 0 aromatic carbocycles. The maximum Gasteiger partial charge on any atom is 0.407 e. The van der Waals surface area contributed by atoms with Gasteiger partial charge in [-0.25, -0.2) is 4.79 Å². The molecule has 0 saturated heterocycles. The molecule has 2 N–H and O–H groups in total. The zero-order chi connectivity index (χ0) is 12.3. The van der Waals surface area contributed by atoms with Crippen molar-refractivity contribution in [3.8, 4) is 0 Å². The third kappa shape index (κ3) is 6.60. The molecular formula is C11H17NO5. The van der Waals surface area contributed by atoms with Crippen LogP contribution in [0, 0.1) is 0 Å². The highest BCUT2D eigenvalue weighted by molar-refractivity contribution is 5.66. The van der Waals surface area contributed by atoms with Gasteiger partial charge in [0.1, 0.15) is 19.0 Å². The second-order valence-electron chi connectivity index (χ2n) is 3.27. The van der Waals surface area contributed by atoms with E-state index < -0.39 is 6.09 Å². The second-order valence-corrected chi connectivity index (χ2v) is 3.27. The summed E-state index contributed by atoms with van der Waals surface area (Å²) >= 11 is 0. The van der Waals surface area contributed by atoms with E-state index >= 15 is 0 Å². The molecule has 0 unspecified atom stereocenters. The van der Waals surface area contributed by atoms with Gasteiger partial charge in [0.2, 0.25) is 0 Å². The Morgan fingerprint density at radius 2 is 2.35 bits per heavy atom. The van der Waals surface area contributed by atoms with Crippen LogP contribution in [0.4, 0.5) is 4.79 Å². The first-order chi connectivity index (χ1) is 8.33. The summed E-state index contributed by atoms with van der Waals surface area (Å²) < 4.78 is 15.0. The topological polar surface area (TPSA) is 80.9 Å². The van der Waals surface area contributed by atoms with Gasteiger partial charge in [-0.1, -0.05) is 0 Å². The van der Waals surface area contributed by atoms with E-state index in [1.165, 1.54) is 0 Å². The van der Waals surface area contributed by atoms with Crippen LogP contribution in [0.15, 0.2) is 22.8 Å². The number of ether oxygens (including phenoxy) is 2. The van der Waals surface area contributed by atoms with E-state index in [0.717, 1.165) is 5.76 Å². The zero-order valence-electron chi connectivity index (χ0n) is 9.55. The van der Waals surface area contributed by atoms with Gasteiger partial charge in [0, 0.05) is 13.2 Å². The molecule has 0 fully saturated rings. The van der Waals surface area contributed by atoms with Gasteiger partial charge in [-0.15, -0.1) is 0 Å². The predicted molar refractivity (Wildman–Crippen MR) is 59.4 cm³/mol. The Morgan fingerprint density at radius 3 is 3.06 bits per heavy atom. The average molecular weight is 243 g/mol. The van der Waals surface area contributed by atoms with Gasteiger partial charge in [-0.3, -0.25) is 0 Å². The van der Waals surface area contributed by atoms with E-state index in [4.69, 9.17) is 14.3 Å². The minimum atomic E-state index is -0.523. The van der Waals surface area contributed by atoms with Gasteiger partial charge < -0.3 is 24.3 Å². The summed E-state index contributed by atoms with van der Waals surface area (Å²) in [5.74, 6) is 0.778. The lowest BCUT2D eigenvalue weighted by Gasteiger charge is -2.05. The quantitative estimate of drug-likeness (QED) is 0.663. The molecule has 0 saturated carbocycles. The number of carbonyl (C=O) groups is 1. The number of amides is 1. The number of nitrogens with one attached hydrogen (secondary N) is 1. The number of hydrogen-bond donors (Lipinski definition) is 2. The molecular weight excluding hydrogens is 226 g/mol. The molecule has 0 aliphatic rings. The lowest BCUT2D eigenvalue weighted by Crippen LogP contribution is -2.26. The normalized spacial score (nSPS) is 10.2. The van der Waals surface area contributed by atoms with Crippen molar-refractivity contribution in [2.24, 2.45) is 0 Å². The number of rotatable bonds is 8. The summed E-state index contributed by atoms with van der Waals surface area (Å²) in [7, 11) is 0. The molecule has 6 heteroatoms. The highest BCUT2D eigenvalue weighted by Crippen LogP contribution is 2.01. The molecule has 0 spiro atoms. The molecule has 6 nitrogen and oxygen atoms in total. The van der Waals surface area contributed by atoms with Crippen LogP contribution in [-0.4, -0.2) is 37.6 Å². The summed E-state index contributed by atoms with van der Waals surface area (Å²) in [5, 5.41) is 10.9. The molecule has 17 heavy (non-hydrogen) atoms. The van der Waals surface area contributed by atoms with E-state index in [2.05, 4.69) is 10.1 Å². The van der Waals surface area contributed by atoms with E-state index in [9.17, 15) is 4.79 Å². The molecule has 1 amide bonds. The number of aliphatic hydroxyl groups excluding tert-OH is 1. The predicted octanol–water partition coefficient (Wildman–Crippen LogP) is 0.905. The second kappa shape index (κ2) is 8.60. The summed E-state index contributed by atoms with van der Waals surface area (Å²) in [5.41, 5.74) is 0. The molecule has 0 bridgehead atoms. The van der Waals surface area contributed by atoms with Crippen LogP contribution in [0.1, 0.15) is 12.2 Å². The monoisotopic (exact) mass is 243 g/mol. The molecule has 0 atom stereocenters. The van der Waals surface area contributed by atoms with Gasteiger partial charge >= 0.3 is 6.09 Å². The fraction of sp³-hybridized carbons (Fsp3) is 0.545. The van der Waals surface area contributed by atoms with Gasteiger partial charge in [0.25, 0.3) is 0 Å². The molecule has 1 aromatic heterocycles. The Labute approximate surface area is 99.5 Å². The van der Waals surface area contributed by atoms with Crippen LogP contribution in [0.3, 0.4) is 0 Å². The van der Waals surface area contributed by atoms with Crippen molar-refractivity contribution in [1.82, 2.24) is 5.32 Å². The van der Waals surface area contributed by atoms with Crippen molar-refractivity contribution in [3.05, 3.63) is 24.2 Å². The van der Waals surface area contributed by atoms with Crippen molar-refractivity contribution in [1.29, 1.82) is 0 Å². The zero-order valence-corrected chi connectivity index (χ0v) is 9.55. The Bertz CT molecular complexity index is 299. The van der Waals surface area contributed by atoms with Crippen LogP contribution in [0.2, 0.25) is 0 Å². The number of hydrogen-bond acceptors (Lipinski definition) is 5. The van der Waals surface area contributed by atoms with Crippen LogP contribution in [-0.2, 0) is 16.1 Å². The fourth-order valence-electron chi connectivity index (χ4n) is 1.12. The van der Waals surface area contributed by atoms with Crippen molar-refractivity contribution in [2.75, 3.05) is 26.4 Å². The van der Waals surface area contributed by atoms with Gasteiger partial charge in [0.05, 0.1) is 12.9 Å². The summed E-state index contributed by atoms with van der Waals surface area (Å²) in [6.07, 6.45) is 1.76. The highest BCUT2D eigenvalue weighted by Gasteiger charge is 2.00. The first kappa shape index (κ1) is 13.5. The largest absolute Gasteiger partial charge is 0.467 e. The van der Waals surface area contributed by atoms with Crippen molar-refractivity contribution >= 4 is 6.09 Å². The molecule has 1 rings (SSSR count). The molecule has 0 aliphatic carbocycles. The Hall–Kier alpha value is -1.53.